The summed E-state index contributed by atoms with van der Waals surface area (Å²) in [6.45, 7) is 3.69. The predicted molar refractivity (Wildman–Crippen MR) is 75.4 cm³/mol. The molecule has 0 heterocycles. The van der Waals surface area contributed by atoms with Gasteiger partial charge in [0.05, 0.1) is 20.6 Å². The van der Waals surface area contributed by atoms with Crippen molar-refractivity contribution in [3.63, 3.8) is 0 Å². The van der Waals surface area contributed by atoms with Crippen LogP contribution >= 0.6 is 0 Å². The lowest BCUT2D eigenvalue weighted by molar-refractivity contribution is -0.893. The van der Waals surface area contributed by atoms with Gasteiger partial charge in [0.1, 0.15) is 12.6 Å². The number of aliphatic hydroxyl groups excluding tert-OH is 1. The van der Waals surface area contributed by atoms with Crippen molar-refractivity contribution in [1.29, 1.82) is 0 Å². The van der Waals surface area contributed by atoms with Gasteiger partial charge in [-0.15, -0.1) is 0 Å². The van der Waals surface area contributed by atoms with Crippen LogP contribution in [0.2, 0.25) is 0 Å². The van der Waals surface area contributed by atoms with Gasteiger partial charge in [-0.1, -0.05) is 19.1 Å². The van der Waals surface area contributed by atoms with E-state index in [4.69, 9.17) is 0 Å². The van der Waals surface area contributed by atoms with Crippen LogP contribution in [0.4, 0.5) is 0 Å². The quantitative estimate of drug-likeness (QED) is 0.348. The highest BCUT2D eigenvalue weighted by molar-refractivity contribution is 5.64. The van der Waals surface area contributed by atoms with E-state index in [1.54, 1.807) is 0 Å². The summed E-state index contributed by atoms with van der Waals surface area (Å²) in [5.74, 6) is -0.979. The number of carboxylic acids is 1. The summed E-state index contributed by atoms with van der Waals surface area (Å²) in [4.78, 5) is 10.3. The number of likely N-dealkylation sites (N-methyl/N-ethyl adjacent to an activating group) is 1. The van der Waals surface area contributed by atoms with E-state index < -0.39 is 5.97 Å². The Morgan fingerprint density at radius 3 is 2.58 bits per heavy atom. The number of aliphatic hydroxyl groups is 1. The van der Waals surface area contributed by atoms with Crippen LogP contribution in [0.15, 0.2) is 12.2 Å². The van der Waals surface area contributed by atoms with Crippen LogP contribution in [-0.4, -0.2) is 48.8 Å². The van der Waals surface area contributed by atoms with E-state index in [0.717, 1.165) is 36.7 Å². The third-order valence-electron chi connectivity index (χ3n) is 3.17. The Hall–Kier alpha value is -0.870. The molecule has 0 aliphatic carbocycles. The summed E-state index contributed by atoms with van der Waals surface area (Å²) < 4.78 is 0.728. The zero-order valence-electron chi connectivity index (χ0n) is 12.6. The Balaban J connectivity index is 3.80. The number of unbranched alkanes of at least 4 members (excludes halogenated alkanes) is 1. The number of aliphatic carboxylic acids is 1. The number of nitrogens with zero attached hydrogens (tertiary/aromatic N) is 1. The molecule has 0 radical (unpaired) electrons. The Bertz CT molecular complexity index is 275. The van der Waals surface area contributed by atoms with Crippen molar-refractivity contribution in [2.24, 2.45) is 0 Å². The van der Waals surface area contributed by atoms with E-state index in [9.17, 15) is 15.0 Å². The minimum atomic E-state index is -0.979. The predicted octanol–water partition coefficient (Wildman–Crippen LogP) is 1.09. The molecule has 0 bridgehead atoms. The number of carbonyl (C=O) groups excluding carboxylic acids is 1. The third-order valence-corrected chi connectivity index (χ3v) is 3.17. The zero-order valence-corrected chi connectivity index (χ0v) is 12.6. The maximum atomic E-state index is 10.3. The minimum Gasteiger partial charge on any atom is -0.550 e. The van der Waals surface area contributed by atoms with Gasteiger partial charge in [-0.3, -0.25) is 0 Å². The van der Waals surface area contributed by atoms with Gasteiger partial charge in [-0.05, 0) is 38.5 Å². The second-order valence-electron chi connectivity index (χ2n) is 5.78. The molecule has 19 heavy (non-hydrogen) atoms. The van der Waals surface area contributed by atoms with Crippen LogP contribution in [0.1, 0.15) is 45.4 Å². The number of quaternary nitrogens is 1. The fraction of sp³-hybridized carbons (Fsp3) is 0.800. The van der Waals surface area contributed by atoms with E-state index in [1.807, 2.05) is 0 Å². The number of hydrogen-bond donors (Lipinski definition) is 1. The van der Waals surface area contributed by atoms with Crippen LogP contribution in [0.25, 0.3) is 0 Å². The highest BCUT2D eigenvalue weighted by Crippen LogP contribution is 2.08. The fourth-order valence-electron chi connectivity index (χ4n) is 2.14. The molecule has 4 nitrogen and oxygen atoms in total. The first-order valence-corrected chi connectivity index (χ1v) is 7.22. The van der Waals surface area contributed by atoms with Crippen molar-refractivity contribution in [2.75, 3.05) is 27.2 Å². The molecule has 0 saturated heterocycles. The maximum absolute atomic E-state index is 10.3. The number of carboxylic acid groups (broad SMARTS) is 1. The van der Waals surface area contributed by atoms with Crippen LogP contribution in [0, 0.1) is 0 Å². The van der Waals surface area contributed by atoms with E-state index in [-0.39, 0.29) is 12.5 Å². The summed E-state index contributed by atoms with van der Waals surface area (Å²) in [6, 6.07) is 0. The van der Waals surface area contributed by atoms with Crippen LogP contribution < -0.4 is 5.11 Å². The smallest absolute Gasteiger partial charge is 0.105 e. The molecule has 0 amide bonds. The number of rotatable bonds is 11. The molecule has 112 valence electrons. The summed E-state index contributed by atoms with van der Waals surface area (Å²) in [7, 11) is 4.15. The Morgan fingerprint density at radius 2 is 2.00 bits per heavy atom. The van der Waals surface area contributed by atoms with E-state index >= 15 is 0 Å². The summed E-state index contributed by atoms with van der Waals surface area (Å²) in [5, 5.41) is 20.3. The highest BCUT2D eigenvalue weighted by Gasteiger charge is 2.19. The zero-order chi connectivity index (χ0) is 14.7. The highest BCUT2D eigenvalue weighted by atomic mass is 16.4. The first-order valence-electron chi connectivity index (χ1n) is 7.22. The van der Waals surface area contributed by atoms with Crippen molar-refractivity contribution in [3.8, 4) is 0 Å². The molecule has 0 rings (SSSR count). The van der Waals surface area contributed by atoms with Gasteiger partial charge in [0, 0.05) is 5.97 Å². The van der Waals surface area contributed by atoms with Crippen LogP contribution in [0.3, 0.4) is 0 Å². The molecule has 0 aromatic heterocycles. The van der Waals surface area contributed by atoms with Gasteiger partial charge in [-0.25, -0.2) is 0 Å². The molecular formula is C15H29NO3. The monoisotopic (exact) mass is 271 g/mol. The SMILES string of the molecule is CC/C=C/CCC(O)C[N+](C)(C)CCCCC(=O)[O-]. The molecule has 0 aromatic rings. The first kappa shape index (κ1) is 18.1. The molecule has 0 spiro atoms. The van der Waals surface area contributed by atoms with E-state index in [2.05, 4.69) is 33.2 Å². The summed E-state index contributed by atoms with van der Waals surface area (Å²) in [5.41, 5.74) is 0. The number of carbonyl (C=O) groups is 1. The van der Waals surface area contributed by atoms with Crippen molar-refractivity contribution in [3.05, 3.63) is 12.2 Å². The van der Waals surface area contributed by atoms with Crippen molar-refractivity contribution in [2.45, 2.75) is 51.6 Å². The second-order valence-corrected chi connectivity index (χ2v) is 5.78. The lowest BCUT2D eigenvalue weighted by Gasteiger charge is -2.32. The van der Waals surface area contributed by atoms with Gasteiger partial charge in [0.25, 0.3) is 0 Å². The lowest BCUT2D eigenvalue weighted by Crippen LogP contribution is -2.46. The third kappa shape index (κ3) is 11.9. The summed E-state index contributed by atoms with van der Waals surface area (Å²) in [6.07, 6.45) is 8.31. The molecule has 4 heteroatoms. The molecule has 0 fully saturated rings. The van der Waals surface area contributed by atoms with E-state index in [1.165, 1.54) is 0 Å². The van der Waals surface area contributed by atoms with Crippen molar-refractivity contribution < 1.29 is 19.5 Å². The molecule has 1 N–H and O–H groups in total. The largest absolute Gasteiger partial charge is 0.550 e. The first-order chi connectivity index (χ1) is 8.87. The van der Waals surface area contributed by atoms with Crippen molar-refractivity contribution >= 4 is 5.97 Å². The standard InChI is InChI=1S/C15H29NO3/c1-4-5-6-7-10-14(17)13-16(2,3)12-9-8-11-15(18)19/h5-6,14,17H,4,7-13H2,1-3H3/b6-5+. The molecule has 1 unspecified atom stereocenters. The second kappa shape index (κ2) is 9.98. The average Bonchev–Trinajstić information content (AvgIpc) is 2.29. The molecule has 0 aliphatic heterocycles. The average molecular weight is 271 g/mol. The van der Waals surface area contributed by atoms with Gasteiger partial charge in [-0.2, -0.15) is 0 Å². The Labute approximate surface area is 117 Å². The van der Waals surface area contributed by atoms with Crippen LogP contribution in [0.5, 0.6) is 0 Å². The fourth-order valence-corrected chi connectivity index (χ4v) is 2.14. The van der Waals surface area contributed by atoms with Crippen LogP contribution in [-0.2, 0) is 4.79 Å². The number of hydrogen-bond acceptors (Lipinski definition) is 3. The molecule has 0 aliphatic rings. The number of allylic oxidation sites excluding steroid dienone is 2. The lowest BCUT2D eigenvalue weighted by atomic mass is 10.1. The molecule has 0 aromatic carbocycles. The molecule has 0 saturated carbocycles. The molecule has 1 atom stereocenters. The topological polar surface area (TPSA) is 60.4 Å². The normalized spacial score (nSPS) is 13.9. The Morgan fingerprint density at radius 1 is 1.32 bits per heavy atom. The maximum Gasteiger partial charge on any atom is 0.105 e. The van der Waals surface area contributed by atoms with Gasteiger partial charge in [0.15, 0.2) is 0 Å². The van der Waals surface area contributed by atoms with Gasteiger partial charge >= 0.3 is 0 Å². The molecular weight excluding hydrogens is 242 g/mol. The van der Waals surface area contributed by atoms with Gasteiger partial charge < -0.3 is 19.5 Å². The Kier molecular flexibility index (Phi) is 9.53. The summed E-state index contributed by atoms with van der Waals surface area (Å²) >= 11 is 0. The van der Waals surface area contributed by atoms with E-state index in [0.29, 0.717) is 13.0 Å². The van der Waals surface area contributed by atoms with Gasteiger partial charge in [0.2, 0.25) is 0 Å². The minimum absolute atomic E-state index is 0.129. The van der Waals surface area contributed by atoms with Crippen molar-refractivity contribution in [1.82, 2.24) is 0 Å².